The lowest BCUT2D eigenvalue weighted by atomic mass is 10.1. The fourth-order valence-electron chi connectivity index (χ4n) is 3.68. The summed E-state index contributed by atoms with van der Waals surface area (Å²) in [5, 5.41) is 10.2. The van der Waals surface area contributed by atoms with Gasteiger partial charge in [-0.1, -0.05) is 18.2 Å². The maximum absolute atomic E-state index is 13.2. The van der Waals surface area contributed by atoms with E-state index >= 15 is 0 Å². The van der Waals surface area contributed by atoms with Gasteiger partial charge >= 0.3 is 0 Å². The van der Waals surface area contributed by atoms with Gasteiger partial charge in [-0.25, -0.2) is 14.4 Å². The van der Waals surface area contributed by atoms with Crippen LogP contribution in [-0.4, -0.2) is 32.6 Å². The van der Waals surface area contributed by atoms with Crippen molar-refractivity contribution in [1.29, 1.82) is 0 Å². The van der Waals surface area contributed by atoms with Crippen LogP contribution in [0.15, 0.2) is 66.9 Å². The number of nitrogens with zero attached hydrogens (tertiary/aromatic N) is 4. The zero-order valence-corrected chi connectivity index (χ0v) is 16.5. The summed E-state index contributed by atoms with van der Waals surface area (Å²) in [7, 11) is 0. The number of nitrogens with one attached hydrogen (secondary N) is 2. The molecule has 0 unspecified atom stereocenters. The van der Waals surface area contributed by atoms with Crippen molar-refractivity contribution in [2.24, 2.45) is 0 Å². The Morgan fingerprint density at radius 2 is 1.94 bits per heavy atom. The van der Waals surface area contributed by atoms with Gasteiger partial charge in [0.2, 0.25) is 0 Å². The molecule has 2 aromatic carbocycles. The lowest BCUT2D eigenvalue weighted by Gasteiger charge is -2.19. The number of rotatable bonds is 5. The second-order valence-electron chi connectivity index (χ2n) is 7.20. The molecule has 2 N–H and O–H groups in total. The van der Waals surface area contributed by atoms with E-state index in [1.54, 1.807) is 35.4 Å². The number of H-pyrrole nitrogens is 1. The molecule has 0 aliphatic carbocycles. The molecule has 4 aromatic rings. The van der Waals surface area contributed by atoms with Gasteiger partial charge < -0.3 is 10.2 Å². The second kappa shape index (κ2) is 7.98. The normalized spacial score (nSPS) is 12.6. The molecule has 7 nitrogen and oxygen atoms in total. The predicted molar refractivity (Wildman–Crippen MR) is 115 cm³/mol. The highest BCUT2D eigenvalue weighted by molar-refractivity contribution is 6.10. The number of pyridine rings is 1. The first-order valence-electron chi connectivity index (χ1n) is 9.95. The zero-order valence-electron chi connectivity index (χ0n) is 16.5. The number of hydrogen-bond acceptors (Lipinski definition) is 5. The average molecular weight is 414 g/mol. The van der Waals surface area contributed by atoms with Crippen molar-refractivity contribution in [3.05, 3.63) is 89.6 Å². The Morgan fingerprint density at radius 3 is 2.81 bits per heavy atom. The Balaban J connectivity index is 1.33. The fourth-order valence-corrected chi connectivity index (χ4v) is 3.68. The first-order valence-corrected chi connectivity index (χ1v) is 9.95. The number of aromatic nitrogens is 4. The topological polar surface area (TPSA) is 86.8 Å². The van der Waals surface area contributed by atoms with Crippen LogP contribution in [0.4, 0.5) is 15.9 Å². The molecule has 1 aliphatic rings. The minimum Gasteiger partial charge on any atom is -0.362 e. The number of hydrogen-bond donors (Lipinski definition) is 2. The van der Waals surface area contributed by atoms with Gasteiger partial charge in [0.15, 0.2) is 5.82 Å². The number of aromatic amines is 1. The van der Waals surface area contributed by atoms with Gasteiger partial charge in [-0.15, -0.1) is 0 Å². The number of halogens is 1. The predicted octanol–water partition coefficient (Wildman–Crippen LogP) is 3.82. The van der Waals surface area contributed by atoms with Crippen LogP contribution in [0.1, 0.15) is 21.7 Å². The van der Waals surface area contributed by atoms with Crippen LogP contribution in [-0.2, 0) is 13.0 Å². The molecular weight excluding hydrogens is 395 g/mol. The van der Waals surface area contributed by atoms with Crippen molar-refractivity contribution < 1.29 is 9.18 Å². The van der Waals surface area contributed by atoms with E-state index in [1.807, 2.05) is 24.3 Å². The molecule has 8 heteroatoms. The van der Waals surface area contributed by atoms with Gasteiger partial charge in [0.1, 0.15) is 17.5 Å². The third kappa shape index (κ3) is 3.75. The summed E-state index contributed by atoms with van der Waals surface area (Å²) in [5.74, 6) is 1.13. The van der Waals surface area contributed by atoms with Crippen LogP contribution in [0.5, 0.6) is 0 Å². The Bertz CT molecular complexity index is 1240. The van der Waals surface area contributed by atoms with E-state index in [2.05, 4.69) is 25.5 Å². The summed E-state index contributed by atoms with van der Waals surface area (Å²) in [6.07, 6.45) is 2.48. The van der Waals surface area contributed by atoms with Gasteiger partial charge in [-0.05, 0) is 54.4 Å². The fraction of sp³-hybridized carbons (Fsp3) is 0.130. The lowest BCUT2D eigenvalue weighted by Crippen LogP contribution is -2.29. The van der Waals surface area contributed by atoms with Crippen LogP contribution < -0.4 is 10.2 Å². The number of carbonyl (C=O) groups is 1. The highest BCUT2D eigenvalue weighted by atomic mass is 19.1. The van der Waals surface area contributed by atoms with Gasteiger partial charge in [0.25, 0.3) is 5.91 Å². The molecule has 31 heavy (non-hydrogen) atoms. The van der Waals surface area contributed by atoms with E-state index in [0.717, 1.165) is 12.1 Å². The monoisotopic (exact) mass is 414 g/mol. The Morgan fingerprint density at radius 1 is 1.10 bits per heavy atom. The first kappa shape index (κ1) is 18.9. The number of para-hydroxylation sites is 1. The van der Waals surface area contributed by atoms with Gasteiger partial charge in [0.05, 0.1) is 12.1 Å². The molecule has 0 bridgehead atoms. The van der Waals surface area contributed by atoms with Crippen molar-refractivity contribution >= 4 is 17.4 Å². The summed E-state index contributed by atoms with van der Waals surface area (Å²) in [5.41, 5.74) is 3.33. The molecule has 1 amide bonds. The molecule has 0 saturated carbocycles. The Labute approximate surface area is 178 Å². The molecular formula is C23H19FN6O. The molecule has 154 valence electrons. The van der Waals surface area contributed by atoms with Crippen LogP contribution in [0.2, 0.25) is 0 Å². The number of fused-ring (bicyclic) bond motifs is 1. The van der Waals surface area contributed by atoms with Crippen molar-refractivity contribution in [3.63, 3.8) is 0 Å². The van der Waals surface area contributed by atoms with Gasteiger partial charge in [0, 0.05) is 24.0 Å². The largest absolute Gasteiger partial charge is 0.362 e. The van der Waals surface area contributed by atoms with Crippen LogP contribution in [0.3, 0.4) is 0 Å². The van der Waals surface area contributed by atoms with Crippen LogP contribution >= 0.6 is 0 Å². The first-order chi connectivity index (χ1) is 15.2. The average Bonchev–Trinajstić information content (AvgIpc) is 3.45. The molecule has 1 aliphatic heterocycles. The molecule has 5 rings (SSSR count). The smallest absolute Gasteiger partial charge is 0.262 e. The Hall–Kier alpha value is -4.07. The number of amides is 1. The van der Waals surface area contributed by atoms with E-state index < -0.39 is 0 Å². The van der Waals surface area contributed by atoms with E-state index in [4.69, 9.17) is 0 Å². The molecule has 0 radical (unpaired) electrons. The quantitative estimate of drug-likeness (QED) is 0.518. The summed E-state index contributed by atoms with van der Waals surface area (Å²) >= 11 is 0. The van der Waals surface area contributed by atoms with Gasteiger partial charge in [-0.3, -0.25) is 9.89 Å². The summed E-state index contributed by atoms with van der Waals surface area (Å²) < 4.78 is 13.1. The molecule has 0 atom stereocenters. The van der Waals surface area contributed by atoms with Crippen LogP contribution in [0, 0.1) is 5.82 Å². The van der Waals surface area contributed by atoms with E-state index in [9.17, 15) is 9.18 Å². The molecule has 2 aromatic heterocycles. The minimum absolute atomic E-state index is 0.0925. The van der Waals surface area contributed by atoms with Gasteiger partial charge in [-0.2, -0.15) is 5.10 Å². The van der Waals surface area contributed by atoms with E-state index in [1.165, 1.54) is 17.7 Å². The Kier molecular flexibility index (Phi) is 4.87. The SMILES string of the molecule is O=C(c1cccnc1NCc1nc(-c2ccc(F)cc2)n[nH]1)N1CCc2ccccc21. The molecule has 0 saturated heterocycles. The van der Waals surface area contributed by atoms with Crippen molar-refractivity contribution in [2.75, 3.05) is 16.8 Å². The second-order valence-corrected chi connectivity index (χ2v) is 7.20. The lowest BCUT2D eigenvalue weighted by molar-refractivity contribution is 0.0990. The summed E-state index contributed by atoms with van der Waals surface area (Å²) in [4.78, 5) is 23.8. The van der Waals surface area contributed by atoms with Crippen molar-refractivity contribution in [2.45, 2.75) is 13.0 Å². The zero-order chi connectivity index (χ0) is 21.2. The highest BCUT2D eigenvalue weighted by Crippen LogP contribution is 2.30. The standard InChI is InChI=1S/C23H19FN6O/c24-17-9-7-16(8-10-17)21-27-20(28-29-21)14-26-22-18(5-3-12-25-22)23(31)30-13-11-15-4-1-2-6-19(15)30/h1-10,12H,11,13-14H2,(H,25,26)(H,27,28,29). The van der Waals surface area contributed by atoms with Crippen LogP contribution in [0.25, 0.3) is 11.4 Å². The third-order valence-electron chi connectivity index (χ3n) is 5.23. The summed E-state index contributed by atoms with van der Waals surface area (Å²) in [6, 6.07) is 17.4. The van der Waals surface area contributed by atoms with E-state index in [0.29, 0.717) is 41.7 Å². The van der Waals surface area contributed by atoms with E-state index in [-0.39, 0.29) is 11.7 Å². The summed E-state index contributed by atoms with van der Waals surface area (Å²) in [6.45, 7) is 0.956. The minimum atomic E-state index is -0.311. The molecule has 0 spiro atoms. The molecule has 0 fully saturated rings. The molecule has 3 heterocycles. The third-order valence-corrected chi connectivity index (χ3v) is 5.23. The highest BCUT2D eigenvalue weighted by Gasteiger charge is 2.27. The maximum atomic E-state index is 13.2. The van der Waals surface area contributed by atoms with Crippen molar-refractivity contribution in [3.8, 4) is 11.4 Å². The maximum Gasteiger partial charge on any atom is 0.262 e. The number of anilines is 2. The van der Waals surface area contributed by atoms with Crippen molar-refractivity contribution in [1.82, 2.24) is 20.2 Å². The number of carbonyl (C=O) groups excluding carboxylic acids is 1. The number of benzene rings is 2.